The highest BCUT2D eigenvalue weighted by Crippen LogP contribution is 2.33. The molecule has 26 heavy (non-hydrogen) atoms. The number of furan rings is 1. The Morgan fingerprint density at radius 1 is 1.19 bits per heavy atom. The van der Waals surface area contributed by atoms with Crippen molar-refractivity contribution in [1.29, 1.82) is 0 Å². The number of aryl methyl sites for hydroxylation is 1. The van der Waals surface area contributed by atoms with Gasteiger partial charge < -0.3 is 14.3 Å². The van der Waals surface area contributed by atoms with Crippen LogP contribution in [0.5, 0.6) is 5.75 Å². The summed E-state index contributed by atoms with van der Waals surface area (Å²) in [5.41, 5.74) is 2.62. The first-order valence-corrected chi connectivity index (χ1v) is 8.26. The van der Waals surface area contributed by atoms with Crippen LogP contribution in [0.25, 0.3) is 33.3 Å². The van der Waals surface area contributed by atoms with E-state index in [1.807, 2.05) is 25.1 Å². The van der Waals surface area contributed by atoms with Crippen molar-refractivity contribution in [3.8, 4) is 17.2 Å². The van der Waals surface area contributed by atoms with Gasteiger partial charge in [0.15, 0.2) is 5.76 Å². The Balaban J connectivity index is 1.98. The van der Waals surface area contributed by atoms with Gasteiger partial charge in [-0.05, 0) is 48.9 Å². The van der Waals surface area contributed by atoms with Gasteiger partial charge in [0.1, 0.15) is 17.0 Å². The quantitative estimate of drug-likeness (QED) is 0.530. The minimum atomic E-state index is -1.04. The number of hydrogen-bond donors (Lipinski definition) is 1. The van der Waals surface area contributed by atoms with Crippen LogP contribution in [0.15, 0.2) is 46.9 Å². The maximum atomic E-state index is 11.8. The van der Waals surface area contributed by atoms with Crippen LogP contribution in [-0.2, 0) is 0 Å². The number of carbonyl (C=O) groups is 1. The third kappa shape index (κ3) is 2.66. The Labute approximate surface area is 153 Å². The first kappa shape index (κ1) is 16.4. The molecule has 4 rings (SSSR count). The van der Waals surface area contributed by atoms with Crippen molar-refractivity contribution < 1.29 is 19.1 Å². The van der Waals surface area contributed by atoms with Gasteiger partial charge >= 0.3 is 5.97 Å². The maximum Gasteiger partial charge on any atom is 0.336 e. The van der Waals surface area contributed by atoms with Crippen LogP contribution in [0.2, 0.25) is 5.02 Å². The molecule has 5 nitrogen and oxygen atoms in total. The summed E-state index contributed by atoms with van der Waals surface area (Å²) in [6.07, 6.45) is 0. The molecule has 0 unspecified atom stereocenters. The monoisotopic (exact) mass is 367 g/mol. The largest absolute Gasteiger partial charge is 0.497 e. The lowest BCUT2D eigenvalue weighted by Crippen LogP contribution is -2.01. The van der Waals surface area contributed by atoms with Crippen molar-refractivity contribution in [2.24, 2.45) is 0 Å². The molecule has 0 aliphatic rings. The van der Waals surface area contributed by atoms with Crippen molar-refractivity contribution in [2.75, 3.05) is 7.11 Å². The molecular weight excluding hydrogens is 354 g/mol. The van der Waals surface area contributed by atoms with Gasteiger partial charge in [0.2, 0.25) is 0 Å². The number of methoxy groups -OCH3 is 1. The van der Waals surface area contributed by atoms with Crippen LogP contribution in [0.1, 0.15) is 15.9 Å². The number of rotatable bonds is 3. The second-order valence-corrected chi connectivity index (χ2v) is 6.43. The number of nitrogens with zero attached hydrogens (tertiary/aromatic N) is 1. The maximum absolute atomic E-state index is 11.8. The molecule has 0 atom stereocenters. The molecule has 6 heteroatoms. The van der Waals surface area contributed by atoms with E-state index < -0.39 is 5.97 Å². The highest BCUT2D eigenvalue weighted by Gasteiger charge is 2.17. The molecule has 130 valence electrons. The van der Waals surface area contributed by atoms with Gasteiger partial charge in [-0.25, -0.2) is 9.78 Å². The summed E-state index contributed by atoms with van der Waals surface area (Å²) in [5.74, 6) is 0.131. The molecule has 0 fully saturated rings. The molecule has 1 N–H and O–H groups in total. The molecule has 0 aliphatic carbocycles. The minimum absolute atomic E-state index is 0.133. The fourth-order valence-electron chi connectivity index (χ4n) is 3.02. The molecule has 0 radical (unpaired) electrons. The fourth-order valence-corrected chi connectivity index (χ4v) is 3.30. The highest BCUT2D eigenvalue weighted by molar-refractivity contribution is 6.31. The number of carboxylic acids is 1. The van der Waals surface area contributed by atoms with Crippen molar-refractivity contribution >= 4 is 39.4 Å². The van der Waals surface area contributed by atoms with E-state index in [1.54, 1.807) is 25.3 Å². The number of fused-ring (bicyclic) bond motifs is 2. The van der Waals surface area contributed by atoms with Crippen molar-refractivity contribution in [1.82, 2.24) is 4.98 Å². The molecule has 0 amide bonds. The third-order valence-electron chi connectivity index (χ3n) is 4.28. The van der Waals surface area contributed by atoms with E-state index in [0.29, 0.717) is 38.7 Å². The number of halogens is 1. The normalized spacial score (nSPS) is 11.2. The van der Waals surface area contributed by atoms with Gasteiger partial charge in [-0.15, -0.1) is 0 Å². The van der Waals surface area contributed by atoms with E-state index in [-0.39, 0.29) is 5.56 Å². The van der Waals surface area contributed by atoms with E-state index in [2.05, 4.69) is 4.98 Å². The molecule has 0 saturated heterocycles. The molecule has 0 saturated carbocycles. The van der Waals surface area contributed by atoms with Crippen LogP contribution in [0.3, 0.4) is 0 Å². The van der Waals surface area contributed by atoms with E-state index in [1.165, 1.54) is 6.07 Å². The number of carboxylic acid groups (broad SMARTS) is 1. The fraction of sp³-hybridized carbons (Fsp3) is 0.100. The standard InChI is InChI=1S/C20H14ClNO4/c1-10-5-12(21)7-14-15(20(23)24)9-16(22-19(10)14)18-6-11-3-4-13(25-2)8-17(11)26-18/h3-9H,1-2H3,(H,23,24). The second kappa shape index (κ2) is 6.04. The molecule has 4 aromatic rings. The smallest absolute Gasteiger partial charge is 0.336 e. The highest BCUT2D eigenvalue weighted by atomic mass is 35.5. The predicted octanol–water partition coefficient (Wildman–Crippen LogP) is 5.32. The zero-order chi connectivity index (χ0) is 18.4. The van der Waals surface area contributed by atoms with Gasteiger partial charge in [0.05, 0.1) is 18.2 Å². The number of hydrogen-bond acceptors (Lipinski definition) is 4. The summed E-state index contributed by atoms with van der Waals surface area (Å²) in [5, 5.41) is 11.5. The Bertz CT molecular complexity index is 1180. The molecule has 2 heterocycles. The van der Waals surface area contributed by atoms with Gasteiger partial charge in [0, 0.05) is 21.9 Å². The van der Waals surface area contributed by atoms with Crippen LogP contribution in [0, 0.1) is 6.92 Å². The lowest BCUT2D eigenvalue weighted by atomic mass is 10.0. The van der Waals surface area contributed by atoms with Gasteiger partial charge in [-0.2, -0.15) is 0 Å². The molecule has 2 aromatic carbocycles. The first-order chi connectivity index (χ1) is 12.5. The third-order valence-corrected chi connectivity index (χ3v) is 4.50. The zero-order valence-corrected chi connectivity index (χ0v) is 14.8. The number of aromatic nitrogens is 1. The number of ether oxygens (including phenoxy) is 1. The summed E-state index contributed by atoms with van der Waals surface area (Å²) >= 11 is 6.09. The lowest BCUT2D eigenvalue weighted by molar-refractivity contribution is 0.0699. The lowest BCUT2D eigenvalue weighted by Gasteiger charge is -2.08. The van der Waals surface area contributed by atoms with Gasteiger partial charge in [0.25, 0.3) is 0 Å². The molecule has 2 aromatic heterocycles. The van der Waals surface area contributed by atoms with Crippen LogP contribution < -0.4 is 4.74 Å². The van der Waals surface area contributed by atoms with Crippen LogP contribution >= 0.6 is 11.6 Å². The minimum Gasteiger partial charge on any atom is -0.497 e. The van der Waals surface area contributed by atoms with Gasteiger partial charge in [-0.3, -0.25) is 0 Å². The van der Waals surface area contributed by atoms with E-state index >= 15 is 0 Å². The summed E-state index contributed by atoms with van der Waals surface area (Å²) in [6.45, 7) is 1.85. The Morgan fingerprint density at radius 3 is 2.73 bits per heavy atom. The zero-order valence-electron chi connectivity index (χ0n) is 14.0. The number of pyridine rings is 1. The number of aromatic carboxylic acids is 1. The Hall–Kier alpha value is -3.05. The first-order valence-electron chi connectivity index (χ1n) is 7.88. The predicted molar refractivity (Wildman–Crippen MR) is 100 cm³/mol. The Kier molecular flexibility index (Phi) is 3.81. The van der Waals surface area contributed by atoms with E-state index in [0.717, 1.165) is 10.9 Å². The SMILES string of the molecule is COc1ccc2cc(-c3cc(C(=O)O)c4cc(Cl)cc(C)c4n3)oc2c1. The summed E-state index contributed by atoms with van der Waals surface area (Å²) in [4.78, 5) is 16.4. The summed E-state index contributed by atoms with van der Waals surface area (Å²) < 4.78 is 11.1. The van der Waals surface area contributed by atoms with Crippen molar-refractivity contribution in [2.45, 2.75) is 6.92 Å². The topological polar surface area (TPSA) is 72.6 Å². The molecular formula is C20H14ClNO4. The molecule has 0 spiro atoms. The van der Waals surface area contributed by atoms with Crippen molar-refractivity contribution in [3.05, 3.63) is 58.6 Å². The average molecular weight is 368 g/mol. The van der Waals surface area contributed by atoms with Gasteiger partial charge in [-0.1, -0.05) is 11.6 Å². The van der Waals surface area contributed by atoms with Crippen molar-refractivity contribution in [3.63, 3.8) is 0 Å². The van der Waals surface area contributed by atoms with E-state index in [4.69, 9.17) is 20.8 Å². The average Bonchev–Trinajstić information content (AvgIpc) is 3.03. The van der Waals surface area contributed by atoms with Crippen LogP contribution in [0.4, 0.5) is 0 Å². The van der Waals surface area contributed by atoms with E-state index in [9.17, 15) is 9.90 Å². The number of benzene rings is 2. The second-order valence-electron chi connectivity index (χ2n) is 5.99. The van der Waals surface area contributed by atoms with Crippen LogP contribution in [-0.4, -0.2) is 23.2 Å². The molecule has 0 bridgehead atoms. The molecule has 0 aliphatic heterocycles. The summed E-state index contributed by atoms with van der Waals surface area (Å²) in [6, 6.07) is 12.2. The Morgan fingerprint density at radius 2 is 2.00 bits per heavy atom. The summed E-state index contributed by atoms with van der Waals surface area (Å²) in [7, 11) is 1.59.